The third-order valence-corrected chi connectivity index (χ3v) is 4.37. The molecule has 0 fully saturated rings. The molecule has 0 radical (unpaired) electrons. The number of hydrogen-bond donors (Lipinski definition) is 2. The molecule has 2 aromatic rings. The summed E-state index contributed by atoms with van der Waals surface area (Å²) in [5, 5.41) is 14.6. The fraction of sp³-hybridized carbons (Fsp3) is 0.312. The van der Waals surface area contributed by atoms with Gasteiger partial charge in [0.2, 0.25) is 5.91 Å². The van der Waals surface area contributed by atoms with E-state index in [0.29, 0.717) is 12.8 Å². The maximum absolute atomic E-state index is 12.0. The minimum Gasteiger partial charge on any atom is -0.478 e. The van der Waals surface area contributed by atoms with Gasteiger partial charge < -0.3 is 10.4 Å². The first-order chi connectivity index (χ1) is 10.5. The summed E-state index contributed by atoms with van der Waals surface area (Å²) in [6, 6.07) is 6.49. The molecule has 1 amide bonds. The first-order valence-electron chi connectivity index (χ1n) is 6.99. The van der Waals surface area contributed by atoms with Crippen LogP contribution in [0.4, 0.5) is 0 Å². The summed E-state index contributed by atoms with van der Waals surface area (Å²) in [6.45, 7) is 3.84. The third-order valence-electron chi connectivity index (χ3n) is 3.23. The van der Waals surface area contributed by atoms with E-state index in [1.165, 1.54) is 11.3 Å². The Morgan fingerprint density at radius 1 is 1.32 bits per heavy atom. The zero-order chi connectivity index (χ0) is 16.1. The molecule has 2 rings (SSSR count). The van der Waals surface area contributed by atoms with Crippen molar-refractivity contribution in [2.45, 2.75) is 32.7 Å². The van der Waals surface area contributed by atoms with Gasteiger partial charge in [-0.1, -0.05) is 12.1 Å². The highest BCUT2D eigenvalue weighted by molar-refractivity contribution is 7.09. The number of carboxylic acid groups (broad SMARTS) is 1. The molecule has 0 unspecified atom stereocenters. The van der Waals surface area contributed by atoms with E-state index < -0.39 is 5.97 Å². The first kappa shape index (κ1) is 16.2. The van der Waals surface area contributed by atoms with Crippen LogP contribution in [0.5, 0.6) is 0 Å². The summed E-state index contributed by atoms with van der Waals surface area (Å²) >= 11 is 1.54. The Labute approximate surface area is 133 Å². The van der Waals surface area contributed by atoms with Crippen molar-refractivity contribution < 1.29 is 14.7 Å². The number of benzene rings is 1. The van der Waals surface area contributed by atoms with Crippen LogP contribution in [0.1, 0.15) is 46.0 Å². The number of nitrogens with one attached hydrogen (secondary N) is 1. The molecule has 1 heterocycles. The number of amides is 1. The topological polar surface area (TPSA) is 79.3 Å². The molecule has 0 spiro atoms. The van der Waals surface area contributed by atoms with Crippen LogP contribution in [0.25, 0.3) is 0 Å². The van der Waals surface area contributed by atoms with Crippen LogP contribution >= 0.6 is 11.3 Å². The summed E-state index contributed by atoms with van der Waals surface area (Å²) in [7, 11) is 0. The fourth-order valence-corrected chi connectivity index (χ4v) is 2.82. The first-order valence-corrected chi connectivity index (χ1v) is 7.87. The van der Waals surface area contributed by atoms with Gasteiger partial charge in [-0.15, -0.1) is 11.3 Å². The Hall–Kier alpha value is -2.21. The molecule has 5 nitrogen and oxygen atoms in total. The van der Waals surface area contributed by atoms with Gasteiger partial charge in [0.1, 0.15) is 5.01 Å². The van der Waals surface area contributed by atoms with Crippen LogP contribution in [0, 0.1) is 6.92 Å². The Morgan fingerprint density at radius 2 is 2.00 bits per heavy atom. The molecular weight excluding hydrogens is 300 g/mol. The van der Waals surface area contributed by atoms with Gasteiger partial charge in [0.05, 0.1) is 11.6 Å². The number of aryl methyl sites for hydroxylation is 2. The standard InChI is InChI=1S/C16H18N2O3S/c1-10-9-22-15(17-10)11(2)18-14(19)8-5-12-3-6-13(7-4-12)16(20)21/h3-4,6-7,9,11H,5,8H2,1-2H3,(H,18,19)(H,20,21)/t11-/m0/s1. The molecule has 0 aliphatic heterocycles. The summed E-state index contributed by atoms with van der Waals surface area (Å²) in [6.07, 6.45) is 0.941. The molecule has 0 aliphatic carbocycles. The van der Waals surface area contributed by atoms with Gasteiger partial charge in [0.15, 0.2) is 0 Å². The number of thiazole rings is 1. The molecule has 0 bridgehead atoms. The van der Waals surface area contributed by atoms with Gasteiger partial charge >= 0.3 is 5.97 Å². The molecule has 0 saturated carbocycles. The zero-order valence-corrected chi connectivity index (χ0v) is 13.3. The molecule has 116 valence electrons. The van der Waals surface area contributed by atoms with Gasteiger partial charge in [0, 0.05) is 17.5 Å². The predicted molar refractivity (Wildman–Crippen MR) is 85.1 cm³/mol. The van der Waals surface area contributed by atoms with E-state index in [0.717, 1.165) is 16.3 Å². The number of hydrogen-bond acceptors (Lipinski definition) is 4. The molecule has 6 heteroatoms. The van der Waals surface area contributed by atoms with Crippen molar-refractivity contribution in [1.82, 2.24) is 10.3 Å². The quantitative estimate of drug-likeness (QED) is 0.858. The Balaban J connectivity index is 1.83. The number of carbonyl (C=O) groups excluding carboxylic acids is 1. The number of aromatic carboxylic acids is 1. The Kier molecular flexibility index (Phi) is 5.27. The van der Waals surface area contributed by atoms with Crippen molar-refractivity contribution in [1.29, 1.82) is 0 Å². The lowest BCUT2D eigenvalue weighted by molar-refractivity contribution is -0.121. The van der Waals surface area contributed by atoms with E-state index in [1.807, 2.05) is 19.2 Å². The minimum absolute atomic E-state index is 0.0392. The van der Waals surface area contributed by atoms with Crippen LogP contribution in [0.2, 0.25) is 0 Å². The number of aromatic nitrogens is 1. The van der Waals surface area contributed by atoms with Crippen molar-refractivity contribution in [2.24, 2.45) is 0 Å². The molecule has 22 heavy (non-hydrogen) atoms. The monoisotopic (exact) mass is 318 g/mol. The molecule has 0 aliphatic rings. The number of carboxylic acids is 1. The van der Waals surface area contributed by atoms with E-state index in [4.69, 9.17) is 5.11 Å². The van der Waals surface area contributed by atoms with Crippen LogP contribution < -0.4 is 5.32 Å². The molecular formula is C16H18N2O3S. The average molecular weight is 318 g/mol. The summed E-state index contributed by atoms with van der Waals surface area (Å²) in [4.78, 5) is 27.1. The van der Waals surface area contributed by atoms with Gasteiger partial charge in [0.25, 0.3) is 0 Å². The summed E-state index contributed by atoms with van der Waals surface area (Å²) < 4.78 is 0. The van der Waals surface area contributed by atoms with Crippen LogP contribution in [0.15, 0.2) is 29.6 Å². The van der Waals surface area contributed by atoms with E-state index in [1.54, 1.807) is 24.3 Å². The highest BCUT2D eigenvalue weighted by Gasteiger charge is 2.12. The predicted octanol–water partition coefficient (Wildman–Crippen LogP) is 2.96. The van der Waals surface area contributed by atoms with Gasteiger partial charge in [-0.3, -0.25) is 4.79 Å². The molecule has 1 aromatic heterocycles. The van der Waals surface area contributed by atoms with Crippen molar-refractivity contribution >= 4 is 23.2 Å². The summed E-state index contributed by atoms with van der Waals surface area (Å²) in [5.74, 6) is -0.987. The largest absolute Gasteiger partial charge is 0.478 e. The maximum atomic E-state index is 12.0. The lowest BCUT2D eigenvalue weighted by atomic mass is 10.1. The highest BCUT2D eigenvalue weighted by atomic mass is 32.1. The van der Waals surface area contributed by atoms with Gasteiger partial charge in [-0.2, -0.15) is 0 Å². The Bertz CT molecular complexity index is 664. The van der Waals surface area contributed by atoms with Crippen LogP contribution in [-0.4, -0.2) is 22.0 Å². The number of carbonyl (C=O) groups is 2. The van der Waals surface area contributed by atoms with Crippen molar-refractivity contribution in [3.8, 4) is 0 Å². The third kappa shape index (κ3) is 4.39. The SMILES string of the molecule is Cc1csc([C@H](C)NC(=O)CCc2ccc(C(=O)O)cc2)n1. The smallest absolute Gasteiger partial charge is 0.335 e. The van der Waals surface area contributed by atoms with Crippen molar-refractivity contribution in [2.75, 3.05) is 0 Å². The lowest BCUT2D eigenvalue weighted by Gasteiger charge is -2.11. The zero-order valence-electron chi connectivity index (χ0n) is 12.5. The lowest BCUT2D eigenvalue weighted by Crippen LogP contribution is -2.26. The fourth-order valence-electron chi connectivity index (χ4n) is 2.02. The van der Waals surface area contributed by atoms with Gasteiger partial charge in [-0.25, -0.2) is 9.78 Å². The number of rotatable bonds is 6. The van der Waals surface area contributed by atoms with E-state index in [9.17, 15) is 9.59 Å². The maximum Gasteiger partial charge on any atom is 0.335 e. The second-order valence-electron chi connectivity index (χ2n) is 5.12. The van der Waals surface area contributed by atoms with Crippen molar-refractivity contribution in [3.05, 3.63) is 51.5 Å². The second kappa shape index (κ2) is 7.17. The molecule has 0 saturated heterocycles. The number of nitrogens with zero attached hydrogens (tertiary/aromatic N) is 1. The van der Waals surface area contributed by atoms with E-state index in [2.05, 4.69) is 10.3 Å². The van der Waals surface area contributed by atoms with Crippen molar-refractivity contribution in [3.63, 3.8) is 0 Å². The molecule has 1 atom stereocenters. The summed E-state index contributed by atoms with van der Waals surface area (Å²) in [5.41, 5.74) is 2.15. The highest BCUT2D eigenvalue weighted by Crippen LogP contribution is 2.17. The van der Waals surface area contributed by atoms with Gasteiger partial charge in [-0.05, 0) is 38.0 Å². The van der Waals surface area contributed by atoms with E-state index >= 15 is 0 Å². The normalized spacial score (nSPS) is 11.9. The second-order valence-corrected chi connectivity index (χ2v) is 6.01. The van der Waals surface area contributed by atoms with Crippen LogP contribution in [0.3, 0.4) is 0 Å². The minimum atomic E-state index is -0.947. The van der Waals surface area contributed by atoms with E-state index in [-0.39, 0.29) is 17.5 Å². The van der Waals surface area contributed by atoms with Crippen LogP contribution in [-0.2, 0) is 11.2 Å². The average Bonchev–Trinajstić information content (AvgIpc) is 2.92. The molecule has 2 N–H and O–H groups in total. The Morgan fingerprint density at radius 3 is 2.55 bits per heavy atom. The molecule has 1 aromatic carbocycles.